The molecule has 3 rings (SSSR count). The molecular formula is C12H11N5O2S. The molecule has 0 amide bonds. The fourth-order valence-electron chi connectivity index (χ4n) is 1.57. The van der Waals surface area contributed by atoms with Gasteiger partial charge in [0.1, 0.15) is 5.82 Å². The number of hydrogen-bond acceptors (Lipinski definition) is 8. The van der Waals surface area contributed by atoms with Gasteiger partial charge in [-0.3, -0.25) is 0 Å². The molecule has 102 valence electrons. The molecule has 0 unspecified atom stereocenters. The van der Waals surface area contributed by atoms with Gasteiger partial charge in [0.15, 0.2) is 16.7 Å². The quantitative estimate of drug-likeness (QED) is 0.576. The standard InChI is InChI=1S/C12H11N5O2S/c1-7-5-9(13)15-12(14-7)20-6-10-16-11(19-17-10)8-3-2-4-18-8/h2-5H,6H2,1H3,(H2,13,14,15). The molecule has 3 aromatic heterocycles. The number of furan rings is 1. The Hall–Kier alpha value is -2.35. The average molecular weight is 289 g/mol. The fraction of sp³-hybridized carbons (Fsp3) is 0.167. The molecule has 0 saturated carbocycles. The van der Waals surface area contributed by atoms with Crippen LogP contribution in [-0.4, -0.2) is 20.1 Å². The number of anilines is 1. The van der Waals surface area contributed by atoms with E-state index in [1.54, 1.807) is 24.5 Å². The molecule has 0 aliphatic rings. The normalized spacial score (nSPS) is 10.8. The van der Waals surface area contributed by atoms with Crippen molar-refractivity contribution in [3.63, 3.8) is 0 Å². The first-order chi connectivity index (χ1) is 9.70. The van der Waals surface area contributed by atoms with Gasteiger partial charge in [0.25, 0.3) is 5.89 Å². The van der Waals surface area contributed by atoms with Crippen LogP contribution in [0.2, 0.25) is 0 Å². The van der Waals surface area contributed by atoms with Gasteiger partial charge >= 0.3 is 0 Å². The summed E-state index contributed by atoms with van der Waals surface area (Å²) >= 11 is 1.39. The Labute approximate surface area is 118 Å². The summed E-state index contributed by atoms with van der Waals surface area (Å²) in [6, 6.07) is 5.24. The number of rotatable bonds is 4. The molecule has 7 nitrogen and oxygen atoms in total. The first-order valence-corrected chi connectivity index (χ1v) is 6.80. The average Bonchev–Trinajstić information content (AvgIpc) is 3.06. The molecule has 0 fully saturated rings. The zero-order chi connectivity index (χ0) is 13.9. The third-order valence-electron chi connectivity index (χ3n) is 2.38. The maximum atomic E-state index is 5.67. The maximum absolute atomic E-state index is 5.67. The van der Waals surface area contributed by atoms with Crippen molar-refractivity contribution in [2.24, 2.45) is 0 Å². The predicted molar refractivity (Wildman–Crippen MR) is 72.7 cm³/mol. The summed E-state index contributed by atoms with van der Waals surface area (Å²) in [5.41, 5.74) is 6.49. The molecule has 0 aliphatic heterocycles. The summed E-state index contributed by atoms with van der Waals surface area (Å²) in [5.74, 6) is 2.39. The number of nitrogens with two attached hydrogens (primary N) is 1. The third kappa shape index (κ3) is 2.80. The van der Waals surface area contributed by atoms with Gasteiger partial charge in [-0.05, 0) is 19.1 Å². The zero-order valence-electron chi connectivity index (χ0n) is 10.6. The van der Waals surface area contributed by atoms with Gasteiger partial charge in [-0.2, -0.15) is 4.98 Å². The van der Waals surface area contributed by atoms with Crippen LogP contribution in [0.1, 0.15) is 11.5 Å². The lowest BCUT2D eigenvalue weighted by molar-refractivity contribution is 0.411. The minimum Gasteiger partial charge on any atom is -0.459 e. The zero-order valence-corrected chi connectivity index (χ0v) is 11.4. The maximum Gasteiger partial charge on any atom is 0.293 e. The van der Waals surface area contributed by atoms with E-state index < -0.39 is 0 Å². The van der Waals surface area contributed by atoms with Crippen LogP contribution in [0.25, 0.3) is 11.7 Å². The summed E-state index contributed by atoms with van der Waals surface area (Å²) < 4.78 is 10.3. The number of aromatic nitrogens is 4. The largest absolute Gasteiger partial charge is 0.459 e. The van der Waals surface area contributed by atoms with Crippen molar-refractivity contribution in [3.05, 3.63) is 36.0 Å². The molecule has 0 bridgehead atoms. The minimum atomic E-state index is 0.357. The van der Waals surface area contributed by atoms with E-state index in [9.17, 15) is 0 Å². The highest BCUT2D eigenvalue weighted by atomic mass is 32.2. The van der Waals surface area contributed by atoms with Crippen LogP contribution in [0.5, 0.6) is 0 Å². The lowest BCUT2D eigenvalue weighted by Crippen LogP contribution is -1.97. The summed E-state index contributed by atoms with van der Waals surface area (Å²) in [5, 5.41) is 4.47. The Morgan fingerprint density at radius 3 is 2.95 bits per heavy atom. The molecule has 0 atom stereocenters. The molecule has 2 N–H and O–H groups in total. The van der Waals surface area contributed by atoms with E-state index in [2.05, 4.69) is 20.1 Å². The molecule has 3 aromatic rings. The van der Waals surface area contributed by atoms with Crippen LogP contribution in [0.3, 0.4) is 0 Å². The highest BCUT2D eigenvalue weighted by Gasteiger charge is 2.12. The van der Waals surface area contributed by atoms with Gasteiger partial charge in [-0.1, -0.05) is 16.9 Å². The lowest BCUT2D eigenvalue weighted by atomic mass is 10.4. The second-order valence-electron chi connectivity index (χ2n) is 4.00. The first kappa shape index (κ1) is 12.7. The van der Waals surface area contributed by atoms with E-state index in [0.29, 0.717) is 34.2 Å². The summed E-state index contributed by atoms with van der Waals surface area (Å²) in [6.45, 7) is 1.87. The highest BCUT2D eigenvalue weighted by Crippen LogP contribution is 2.22. The summed E-state index contributed by atoms with van der Waals surface area (Å²) in [7, 11) is 0. The SMILES string of the molecule is Cc1cc(N)nc(SCc2noc(-c3ccco3)n2)n1. The number of aryl methyl sites for hydroxylation is 1. The third-order valence-corrected chi connectivity index (χ3v) is 3.23. The van der Waals surface area contributed by atoms with Gasteiger partial charge in [0.2, 0.25) is 0 Å². The van der Waals surface area contributed by atoms with Crippen LogP contribution in [0.15, 0.2) is 38.6 Å². The molecule has 0 saturated heterocycles. The van der Waals surface area contributed by atoms with Crippen molar-refractivity contribution in [1.82, 2.24) is 20.1 Å². The monoisotopic (exact) mass is 289 g/mol. The van der Waals surface area contributed by atoms with Crippen molar-refractivity contribution < 1.29 is 8.94 Å². The van der Waals surface area contributed by atoms with Crippen LogP contribution >= 0.6 is 11.8 Å². The molecule has 8 heteroatoms. The predicted octanol–water partition coefficient (Wildman–Crippen LogP) is 2.30. The molecule has 3 heterocycles. The van der Waals surface area contributed by atoms with Gasteiger partial charge in [-0.15, -0.1) is 0 Å². The summed E-state index contributed by atoms with van der Waals surface area (Å²) in [6.07, 6.45) is 1.55. The molecule has 20 heavy (non-hydrogen) atoms. The second kappa shape index (κ2) is 5.33. The Balaban J connectivity index is 1.69. The van der Waals surface area contributed by atoms with Crippen molar-refractivity contribution in [1.29, 1.82) is 0 Å². The van der Waals surface area contributed by atoms with Crippen LogP contribution < -0.4 is 5.73 Å². The Kier molecular flexibility index (Phi) is 3.38. The van der Waals surface area contributed by atoms with E-state index in [-0.39, 0.29) is 0 Å². The Morgan fingerprint density at radius 2 is 2.20 bits per heavy atom. The first-order valence-electron chi connectivity index (χ1n) is 5.81. The second-order valence-corrected chi connectivity index (χ2v) is 4.94. The molecule has 0 aliphatic carbocycles. The van der Waals surface area contributed by atoms with E-state index in [0.717, 1.165) is 5.69 Å². The number of thioether (sulfide) groups is 1. The van der Waals surface area contributed by atoms with Crippen molar-refractivity contribution >= 4 is 17.6 Å². The topological polar surface area (TPSA) is 104 Å². The van der Waals surface area contributed by atoms with Gasteiger partial charge < -0.3 is 14.7 Å². The summed E-state index contributed by atoms with van der Waals surface area (Å²) in [4.78, 5) is 12.6. The smallest absolute Gasteiger partial charge is 0.293 e. The van der Waals surface area contributed by atoms with Crippen LogP contribution in [0, 0.1) is 6.92 Å². The van der Waals surface area contributed by atoms with E-state index in [4.69, 9.17) is 14.7 Å². The fourth-order valence-corrected chi connectivity index (χ4v) is 2.33. The molecular weight excluding hydrogens is 278 g/mol. The lowest BCUT2D eigenvalue weighted by Gasteiger charge is -2.00. The van der Waals surface area contributed by atoms with Crippen molar-refractivity contribution in [3.8, 4) is 11.7 Å². The van der Waals surface area contributed by atoms with Crippen LogP contribution in [-0.2, 0) is 5.75 Å². The van der Waals surface area contributed by atoms with Crippen molar-refractivity contribution in [2.45, 2.75) is 17.8 Å². The highest BCUT2D eigenvalue weighted by molar-refractivity contribution is 7.98. The van der Waals surface area contributed by atoms with E-state index >= 15 is 0 Å². The van der Waals surface area contributed by atoms with Gasteiger partial charge in [-0.25, -0.2) is 9.97 Å². The molecule has 0 spiro atoms. The van der Waals surface area contributed by atoms with Crippen LogP contribution in [0.4, 0.5) is 5.82 Å². The van der Waals surface area contributed by atoms with E-state index in [1.807, 2.05) is 6.92 Å². The Bertz CT molecular complexity index is 690. The van der Waals surface area contributed by atoms with E-state index in [1.165, 1.54) is 11.8 Å². The molecule has 0 radical (unpaired) electrons. The number of nitrogens with zero attached hydrogens (tertiary/aromatic N) is 4. The van der Waals surface area contributed by atoms with Gasteiger partial charge in [0.05, 0.1) is 12.0 Å². The number of nitrogen functional groups attached to an aromatic ring is 1. The Morgan fingerprint density at radius 1 is 1.30 bits per heavy atom. The van der Waals surface area contributed by atoms with Crippen molar-refractivity contribution in [2.75, 3.05) is 5.73 Å². The van der Waals surface area contributed by atoms with Gasteiger partial charge in [0, 0.05) is 11.8 Å². The minimum absolute atomic E-state index is 0.357. The molecule has 0 aromatic carbocycles. The number of hydrogen-bond donors (Lipinski definition) is 1.